The van der Waals surface area contributed by atoms with Crippen LogP contribution >= 0.6 is 0 Å². The van der Waals surface area contributed by atoms with Crippen molar-refractivity contribution >= 4 is 0 Å². The molecule has 2 rings (SSSR count). The Morgan fingerprint density at radius 2 is 2.26 bits per heavy atom. The van der Waals surface area contributed by atoms with Gasteiger partial charge in [-0.2, -0.15) is 0 Å². The fourth-order valence-corrected chi connectivity index (χ4v) is 2.48. The number of ether oxygens (including phenoxy) is 2. The van der Waals surface area contributed by atoms with Gasteiger partial charge in [-0.1, -0.05) is 12.1 Å². The van der Waals surface area contributed by atoms with E-state index in [9.17, 15) is 0 Å². The van der Waals surface area contributed by atoms with Gasteiger partial charge in [0.05, 0.1) is 12.2 Å². The zero-order valence-electron chi connectivity index (χ0n) is 12.0. The molecule has 0 bridgehead atoms. The molecule has 3 N–H and O–H groups in total. The number of nitrogens with two attached hydrogens (primary N) is 1. The summed E-state index contributed by atoms with van der Waals surface area (Å²) in [7, 11) is 1.72. The van der Waals surface area contributed by atoms with Crippen molar-refractivity contribution in [1.29, 1.82) is 0 Å². The Labute approximate surface area is 115 Å². The van der Waals surface area contributed by atoms with Gasteiger partial charge in [-0.25, -0.2) is 0 Å². The zero-order chi connectivity index (χ0) is 13.9. The number of fused-ring (bicyclic) bond motifs is 1. The number of nitrogens with one attached hydrogen (secondary N) is 1. The molecule has 106 valence electrons. The van der Waals surface area contributed by atoms with Gasteiger partial charge in [-0.3, -0.25) is 11.3 Å². The van der Waals surface area contributed by atoms with Crippen molar-refractivity contribution < 1.29 is 9.47 Å². The number of hydrogen-bond acceptors (Lipinski definition) is 4. The molecule has 1 aliphatic rings. The Morgan fingerprint density at radius 1 is 1.47 bits per heavy atom. The SMILES string of the molecule is COC(C)(C)C(CCc1ccc2c(c1)CCO2)NN. The van der Waals surface area contributed by atoms with Crippen LogP contribution in [0.15, 0.2) is 18.2 Å². The first-order valence-corrected chi connectivity index (χ1v) is 6.82. The molecule has 19 heavy (non-hydrogen) atoms. The van der Waals surface area contributed by atoms with E-state index in [4.69, 9.17) is 15.3 Å². The van der Waals surface area contributed by atoms with E-state index in [1.165, 1.54) is 11.1 Å². The summed E-state index contributed by atoms with van der Waals surface area (Å²) in [6.07, 6.45) is 2.94. The molecule has 4 heteroatoms. The van der Waals surface area contributed by atoms with Gasteiger partial charge in [-0.05, 0) is 43.9 Å². The monoisotopic (exact) mass is 264 g/mol. The summed E-state index contributed by atoms with van der Waals surface area (Å²) in [5, 5.41) is 0. The Morgan fingerprint density at radius 3 is 2.95 bits per heavy atom. The molecule has 0 radical (unpaired) electrons. The maximum atomic E-state index is 5.64. The molecule has 0 amide bonds. The van der Waals surface area contributed by atoms with Crippen molar-refractivity contribution in [2.24, 2.45) is 5.84 Å². The first-order chi connectivity index (χ1) is 9.06. The van der Waals surface area contributed by atoms with Crippen LogP contribution in [-0.2, 0) is 17.6 Å². The Bertz CT molecular complexity index is 432. The van der Waals surface area contributed by atoms with E-state index in [1.54, 1.807) is 7.11 Å². The normalized spacial score (nSPS) is 16.0. The molecule has 4 nitrogen and oxygen atoms in total. The molecule has 1 aromatic rings. The molecule has 0 saturated heterocycles. The van der Waals surface area contributed by atoms with E-state index in [1.807, 2.05) is 13.8 Å². The molecular formula is C15H24N2O2. The van der Waals surface area contributed by atoms with E-state index in [0.29, 0.717) is 0 Å². The van der Waals surface area contributed by atoms with E-state index in [-0.39, 0.29) is 11.6 Å². The Hall–Kier alpha value is -1.10. The minimum atomic E-state index is -0.269. The molecule has 0 fully saturated rings. The van der Waals surface area contributed by atoms with Crippen LogP contribution in [-0.4, -0.2) is 25.4 Å². The highest BCUT2D eigenvalue weighted by molar-refractivity contribution is 5.39. The first-order valence-electron chi connectivity index (χ1n) is 6.82. The fourth-order valence-electron chi connectivity index (χ4n) is 2.48. The van der Waals surface area contributed by atoms with Crippen LogP contribution in [0.25, 0.3) is 0 Å². The highest BCUT2D eigenvalue weighted by atomic mass is 16.5. The van der Waals surface area contributed by atoms with Crippen LogP contribution in [0.4, 0.5) is 0 Å². The molecule has 0 spiro atoms. The van der Waals surface area contributed by atoms with E-state index in [2.05, 4.69) is 23.6 Å². The predicted molar refractivity (Wildman–Crippen MR) is 76.2 cm³/mol. The summed E-state index contributed by atoms with van der Waals surface area (Å²) in [4.78, 5) is 0. The molecular weight excluding hydrogens is 240 g/mol. The standard InChI is InChI=1S/C15H24N2O2/c1-15(2,18-3)14(17-16)7-5-11-4-6-13-12(10-11)8-9-19-13/h4,6,10,14,17H,5,7-9,16H2,1-3H3. The molecule has 0 aromatic heterocycles. The molecule has 0 saturated carbocycles. The van der Waals surface area contributed by atoms with Crippen LogP contribution in [0.3, 0.4) is 0 Å². The molecule has 1 atom stereocenters. The van der Waals surface area contributed by atoms with Crippen molar-refractivity contribution in [2.45, 2.75) is 44.8 Å². The van der Waals surface area contributed by atoms with Crippen molar-refractivity contribution in [3.05, 3.63) is 29.3 Å². The van der Waals surface area contributed by atoms with Gasteiger partial charge in [0.25, 0.3) is 0 Å². The van der Waals surface area contributed by atoms with Crippen LogP contribution in [0.1, 0.15) is 31.4 Å². The molecule has 1 heterocycles. The number of hydrogen-bond donors (Lipinski definition) is 2. The second kappa shape index (κ2) is 5.90. The zero-order valence-corrected chi connectivity index (χ0v) is 12.0. The average molecular weight is 264 g/mol. The smallest absolute Gasteiger partial charge is 0.122 e. The number of benzene rings is 1. The lowest BCUT2D eigenvalue weighted by Crippen LogP contribution is -2.51. The predicted octanol–water partition coefficient (Wildman–Crippen LogP) is 1.81. The quantitative estimate of drug-likeness (QED) is 0.608. The van der Waals surface area contributed by atoms with Crippen molar-refractivity contribution in [1.82, 2.24) is 5.43 Å². The summed E-state index contributed by atoms with van der Waals surface area (Å²) < 4.78 is 11.0. The number of rotatable bonds is 6. The lowest BCUT2D eigenvalue weighted by Gasteiger charge is -2.32. The minimum Gasteiger partial charge on any atom is -0.493 e. The van der Waals surface area contributed by atoms with Gasteiger partial charge in [-0.15, -0.1) is 0 Å². The van der Waals surface area contributed by atoms with E-state index < -0.39 is 0 Å². The topological polar surface area (TPSA) is 56.5 Å². The van der Waals surface area contributed by atoms with E-state index >= 15 is 0 Å². The average Bonchev–Trinajstić information content (AvgIpc) is 2.86. The van der Waals surface area contributed by atoms with Gasteiger partial charge in [0.15, 0.2) is 0 Å². The van der Waals surface area contributed by atoms with Gasteiger partial charge < -0.3 is 9.47 Å². The summed E-state index contributed by atoms with van der Waals surface area (Å²) in [6, 6.07) is 6.58. The molecule has 0 aliphatic carbocycles. The van der Waals surface area contributed by atoms with Crippen molar-refractivity contribution in [2.75, 3.05) is 13.7 Å². The largest absolute Gasteiger partial charge is 0.493 e. The molecule has 1 aromatic carbocycles. The van der Waals surface area contributed by atoms with E-state index in [0.717, 1.165) is 31.6 Å². The molecule has 1 aliphatic heterocycles. The van der Waals surface area contributed by atoms with Crippen LogP contribution in [0, 0.1) is 0 Å². The minimum absolute atomic E-state index is 0.127. The Kier molecular flexibility index (Phi) is 4.45. The summed E-state index contributed by atoms with van der Waals surface area (Å²) in [5.41, 5.74) is 5.25. The van der Waals surface area contributed by atoms with Gasteiger partial charge in [0.2, 0.25) is 0 Å². The second-order valence-electron chi connectivity index (χ2n) is 5.61. The van der Waals surface area contributed by atoms with Crippen LogP contribution < -0.4 is 16.0 Å². The third-order valence-corrected chi connectivity index (χ3v) is 4.04. The highest BCUT2D eigenvalue weighted by Gasteiger charge is 2.28. The summed E-state index contributed by atoms with van der Waals surface area (Å²) in [6.45, 7) is 4.91. The van der Waals surface area contributed by atoms with Crippen LogP contribution in [0.5, 0.6) is 5.75 Å². The summed E-state index contributed by atoms with van der Waals surface area (Å²) >= 11 is 0. The summed E-state index contributed by atoms with van der Waals surface area (Å²) in [5.74, 6) is 6.68. The lowest BCUT2D eigenvalue weighted by atomic mass is 9.92. The Balaban J connectivity index is 1.98. The van der Waals surface area contributed by atoms with Crippen molar-refractivity contribution in [3.63, 3.8) is 0 Å². The third kappa shape index (κ3) is 3.26. The number of aryl methyl sites for hydroxylation is 1. The highest BCUT2D eigenvalue weighted by Crippen LogP contribution is 2.27. The van der Waals surface area contributed by atoms with Crippen molar-refractivity contribution in [3.8, 4) is 5.75 Å². The fraction of sp³-hybridized carbons (Fsp3) is 0.600. The molecule has 1 unspecified atom stereocenters. The van der Waals surface area contributed by atoms with Gasteiger partial charge in [0, 0.05) is 19.6 Å². The maximum absolute atomic E-state index is 5.64. The van der Waals surface area contributed by atoms with Gasteiger partial charge >= 0.3 is 0 Å². The lowest BCUT2D eigenvalue weighted by molar-refractivity contribution is -0.0124. The number of hydrazine groups is 1. The van der Waals surface area contributed by atoms with Crippen LogP contribution in [0.2, 0.25) is 0 Å². The van der Waals surface area contributed by atoms with Gasteiger partial charge in [0.1, 0.15) is 5.75 Å². The second-order valence-corrected chi connectivity index (χ2v) is 5.61. The maximum Gasteiger partial charge on any atom is 0.122 e. The first kappa shape index (κ1) is 14.3. The third-order valence-electron chi connectivity index (χ3n) is 4.04. The number of methoxy groups -OCH3 is 1.